The summed E-state index contributed by atoms with van der Waals surface area (Å²) in [4.78, 5) is 40.2. The SMILES string of the molecule is CCCCCCCC/C=C\CCCCCCCC(=O)C(O)(C(=O)CCCCCCC/C=C\CCCCCCCC)C(O)C(O)C(=O)CCCCCCCCCCCCCCC. The van der Waals surface area contributed by atoms with Gasteiger partial charge in [0.2, 0.25) is 5.60 Å². The summed E-state index contributed by atoms with van der Waals surface area (Å²) in [6, 6.07) is 0. The minimum Gasteiger partial charge on any atom is -0.386 e. The van der Waals surface area contributed by atoms with Gasteiger partial charge in [0.15, 0.2) is 17.3 Å². The van der Waals surface area contributed by atoms with Crippen LogP contribution < -0.4 is 0 Å². The molecule has 0 aliphatic carbocycles. The molecule has 0 saturated heterocycles. The van der Waals surface area contributed by atoms with Gasteiger partial charge in [-0.05, 0) is 70.6 Å². The summed E-state index contributed by atoms with van der Waals surface area (Å²) in [6.07, 6.45) is 49.1. The molecule has 0 aliphatic heterocycles. The Labute approximate surface area is 378 Å². The molecule has 358 valence electrons. The minimum absolute atomic E-state index is 0.0525. The van der Waals surface area contributed by atoms with E-state index in [1.165, 1.54) is 135 Å². The summed E-state index contributed by atoms with van der Waals surface area (Å²) >= 11 is 0. The van der Waals surface area contributed by atoms with E-state index in [1.807, 2.05) is 0 Å². The lowest BCUT2D eigenvalue weighted by molar-refractivity contribution is -0.174. The van der Waals surface area contributed by atoms with Crippen LogP contribution in [-0.4, -0.2) is 50.5 Å². The Hall–Kier alpha value is -1.63. The quantitative estimate of drug-likeness (QED) is 0.0319. The van der Waals surface area contributed by atoms with Crippen molar-refractivity contribution in [3.63, 3.8) is 0 Å². The van der Waals surface area contributed by atoms with Crippen molar-refractivity contribution in [1.82, 2.24) is 0 Å². The van der Waals surface area contributed by atoms with Crippen LogP contribution >= 0.6 is 0 Å². The third-order valence-electron chi connectivity index (χ3n) is 12.8. The molecule has 0 saturated carbocycles. The van der Waals surface area contributed by atoms with Gasteiger partial charge in [-0.3, -0.25) is 14.4 Å². The fourth-order valence-electron chi connectivity index (χ4n) is 8.45. The minimum atomic E-state index is -2.77. The number of aliphatic hydroxyl groups excluding tert-OH is 2. The predicted octanol–water partition coefficient (Wildman–Crippen LogP) is 15.7. The number of Topliss-reactive ketones (excluding diaryl/α,β-unsaturated/α-hetero) is 3. The van der Waals surface area contributed by atoms with E-state index in [0.29, 0.717) is 19.3 Å². The van der Waals surface area contributed by atoms with Crippen molar-refractivity contribution in [2.45, 2.75) is 308 Å². The van der Waals surface area contributed by atoms with E-state index in [-0.39, 0.29) is 19.3 Å². The smallest absolute Gasteiger partial charge is 0.210 e. The molecule has 6 heteroatoms. The lowest BCUT2D eigenvalue weighted by atomic mass is 9.79. The highest BCUT2D eigenvalue weighted by Gasteiger charge is 2.52. The van der Waals surface area contributed by atoms with Gasteiger partial charge < -0.3 is 15.3 Å². The average molecular weight is 859 g/mol. The van der Waals surface area contributed by atoms with Crippen molar-refractivity contribution in [2.75, 3.05) is 0 Å². The number of hydrogen-bond donors (Lipinski definition) is 3. The number of allylic oxidation sites excluding steroid dienone is 4. The van der Waals surface area contributed by atoms with Crippen molar-refractivity contribution in [2.24, 2.45) is 0 Å². The molecule has 0 aromatic rings. The van der Waals surface area contributed by atoms with E-state index >= 15 is 0 Å². The van der Waals surface area contributed by atoms with Gasteiger partial charge in [-0.25, -0.2) is 0 Å². The van der Waals surface area contributed by atoms with Crippen LogP contribution in [0.3, 0.4) is 0 Å². The molecule has 0 heterocycles. The first kappa shape index (κ1) is 59.4. The Bertz CT molecular complexity index is 997. The molecule has 6 nitrogen and oxygen atoms in total. The molecule has 0 aromatic heterocycles. The maximum Gasteiger partial charge on any atom is 0.210 e. The number of unbranched alkanes of at least 4 members (excludes halogenated alkanes) is 34. The molecule has 3 N–H and O–H groups in total. The van der Waals surface area contributed by atoms with Crippen LogP contribution in [0.4, 0.5) is 0 Å². The van der Waals surface area contributed by atoms with Gasteiger partial charge in [0.1, 0.15) is 12.2 Å². The van der Waals surface area contributed by atoms with Crippen LogP contribution in [0.2, 0.25) is 0 Å². The molecule has 0 aromatic carbocycles. The Morgan fingerprint density at radius 2 is 0.590 bits per heavy atom. The second-order valence-corrected chi connectivity index (χ2v) is 18.6. The maximum atomic E-state index is 13.6. The van der Waals surface area contributed by atoms with E-state index in [9.17, 15) is 29.7 Å². The molecule has 61 heavy (non-hydrogen) atoms. The fraction of sp³-hybridized carbons (Fsp3) is 0.873. The lowest BCUT2D eigenvalue weighted by Crippen LogP contribution is -2.61. The van der Waals surface area contributed by atoms with E-state index in [2.05, 4.69) is 45.1 Å². The molecule has 0 bridgehead atoms. The number of ketones is 3. The number of carbonyl (C=O) groups excluding carboxylic acids is 3. The van der Waals surface area contributed by atoms with Crippen molar-refractivity contribution in [3.05, 3.63) is 24.3 Å². The Kier molecular flexibility index (Phi) is 43.8. The molecule has 0 aliphatic rings. The molecule has 2 unspecified atom stereocenters. The summed E-state index contributed by atoms with van der Waals surface area (Å²) in [5.74, 6) is -2.16. The van der Waals surface area contributed by atoms with Crippen LogP contribution in [0.25, 0.3) is 0 Å². The molecule has 0 radical (unpaired) electrons. The van der Waals surface area contributed by atoms with Crippen molar-refractivity contribution in [3.8, 4) is 0 Å². The van der Waals surface area contributed by atoms with Gasteiger partial charge in [-0.15, -0.1) is 0 Å². The van der Waals surface area contributed by atoms with Crippen molar-refractivity contribution >= 4 is 17.3 Å². The summed E-state index contributed by atoms with van der Waals surface area (Å²) in [6.45, 7) is 6.74. The van der Waals surface area contributed by atoms with Gasteiger partial charge in [0.25, 0.3) is 0 Å². The summed E-state index contributed by atoms with van der Waals surface area (Å²) in [5.41, 5.74) is -2.77. The van der Waals surface area contributed by atoms with Crippen LogP contribution in [-0.2, 0) is 14.4 Å². The standard InChI is InChI=1S/C55H102O6/c1-4-7-10-13-16-19-22-25-27-30-33-36-39-42-45-48-51(57)55(61,52(58)49-46-43-40-37-34-31-28-26-23-20-17-14-11-8-5-2)54(60)53(59)50(56)47-44-41-38-35-32-29-24-21-18-15-12-9-6-3/h25-28,53-54,59-61H,4-24,29-49H2,1-3H3/b27-25-,28-26-. The lowest BCUT2D eigenvalue weighted by Gasteiger charge is -2.32. The van der Waals surface area contributed by atoms with Crippen LogP contribution in [0.1, 0.15) is 290 Å². The zero-order valence-corrected chi connectivity index (χ0v) is 40.7. The highest BCUT2D eigenvalue weighted by molar-refractivity contribution is 6.11. The largest absolute Gasteiger partial charge is 0.386 e. The molecule has 0 fully saturated rings. The van der Waals surface area contributed by atoms with E-state index in [4.69, 9.17) is 0 Å². The number of hydrogen-bond acceptors (Lipinski definition) is 6. The van der Waals surface area contributed by atoms with Gasteiger partial charge in [0, 0.05) is 19.3 Å². The predicted molar refractivity (Wildman–Crippen MR) is 261 cm³/mol. The topological polar surface area (TPSA) is 112 Å². The Morgan fingerprint density at radius 3 is 0.869 bits per heavy atom. The van der Waals surface area contributed by atoms with Crippen LogP contribution in [0, 0.1) is 0 Å². The highest BCUT2D eigenvalue weighted by Crippen LogP contribution is 2.26. The molecule has 0 spiro atoms. The molecule has 2 atom stereocenters. The van der Waals surface area contributed by atoms with Crippen molar-refractivity contribution < 1.29 is 29.7 Å². The second kappa shape index (κ2) is 45.0. The van der Waals surface area contributed by atoms with Crippen LogP contribution in [0.5, 0.6) is 0 Å². The van der Waals surface area contributed by atoms with E-state index < -0.39 is 35.2 Å². The fourth-order valence-corrected chi connectivity index (χ4v) is 8.45. The average Bonchev–Trinajstić information content (AvgIpc) is 3.26. The van der Waals surface area contributed by atoms with Gasteiger partial charge in [-0.1, -0.05) is 225 Å². The summed E-state index contributed by atoms with van der Waals surface area (Å²) in [5, 5.41) is 33.8. The number of carbonyl (C=O) groups is 3. The number of rotatable bonds is 49. The highest BCUT2D eigenvalue weighted by atomic mass is 16.4. The zero-order valence-electron chi connectivity index (χ0n) is 40.7. The van der Waals surface area contributed by atoms with Crippen molar-refractivity contribution in [1.29, 1.82) is 0 Å². The Balaban J connectivity index is 4.81. The third kappa shape index (κ3) is 34.5. The molecule has 0 amide bonds. The summed E-state index contributed by atoms with van der Waals surface area (Å²) < 4.78 is 0. The van der Waals surface area contributed by atoms with E-state index in [1.54, 1.807) is 0 Å². The molecular formula is C55H102O6. The third-order valence-corrected chi connectivity index (χ3v) is 12.8. The Morgan fingerprint density at radius 1 is 0.361 bits per heavy atom. The maximum absolute atomic E-state index is 13.6. The van der Waals surface area contributed by atoms with Gasteiger partial charge in [-0.2, -0.15) is 0 Å². The first-order valence-electron chi connectivity index (χ1n) is 26.7. The first-order chi connectivity index (χ1) is 29.8. The normalized spacial score (nSPS) is 13.1. The zero-order chi connectivity index (χ0) is 44.9. The molecular weight excluding hydrogens is 757 g/mol. The monoisotopic (exact) mass is 859 g/mol. The number of aliphatic hydroxyl groups is 3. The van der Waals surface area contributed by atoms with Gasteiger partial charge >= 0.3 is 0 Å². The van der Waals surface area contributed by atoms with Crippen LogP contribution in [0.15, 0.2) is 24.3 Å². The van der Waals surface area contributed by atoms with Gasteiger partial charge in [0.05, 0.1) is 0 Å². The second-order valence-electron chi connectivity index (χ2n) is 18.6. The van der Waals surface area contributed by atoms with E-state index in [0.717, 1.165) is 96.3 Å². The first-order valence-corrected chi connectivity index (χ1v) is 26.7. The summed E-state index contributed by atoms with van der Waals surface area (Å²) in [7, 11) is 0. The molecule has 0 rings (SSSR count).